The van der Waals surface area contributed by atoms with Crippen LogP contribution in [0.5, 0.6) is 0 Å². The average Bonchev–Trinajstić information content (AvgIpc) is 2.92. The van der Waals surface area contributed by atoms with Gasteiger partial charge in [-0.15, -0.1) is 0 Å². The van der Waals surface area contributed by atoms with Gasteiger partial charge < -0.3 is 4.74 Å². The molecule has 0 saturated heterocycles. The lowest BCUT2D eigenvalue weighted by atomic mass is 10.1. The highest BCUT2D eigenvalue weighted by molar-refractivity contribution is 7.90. The second kappa shape index (κ2) is 7.55. The third-order valence-electron chi connectivity index (χ3n) is 4.32. The molecule has 2 aromatic rings. The molecule has 0 aromatic heterocycles. The zero-order chi connectivity index (χ0) is 20.5. The van der Waals surface area contributed by atoms with Crippen LogP contribution in [0.25, 0.3) is 0 Å². The van der Waals surface area contributed by atoms with E-state index in [2.05, 4.69) is 9.71 Å². The van der Waals surface area contributed by atoms with E-state index in [4.69, 9.17) is 4.74 Å². The van der Waals surface area contributed by atoms with Gasteiger partial charge in [-0.3, -0.25) is 14.5 Å². The first-order valence-corrected chi connectivity index (χ1v) is 10.2. The van der Waals surface area contributed by atoms with Crippen LogP contribution in [0.15, 0.2) is 58.4 Å². The molecule has 1 unspecified atom stereocenters. The van der Waals surface area contributed by atoms with Gasteiger partial charge in [-0.1, -0.05) is 42.0 Å². The molecule has 0 fully saturated rings. The summed E-state index contributed by atoms with van der Waals surface area (Å²) in [6, 6.07) is 12.3. The molecule has 1 aliphatic rings. The summed E-state index contributed by atoms with van der Waals surface area (Å²) < 4.78 is 31.8. The number of aryl methyl sites for hydroxylation is 1. The van der Waals surface area contributed by atoms with E-state index in [-0.39, 0.29) is 16.5 Å². The van der Waals surface area contributed by atoms with Gasteiger partial charge in [-0.2, -0.15) is 0 Å². The molecular formula is C20H20N2O5S. The Bertz CT molecular complexity index is 1060. The van der Waals surface area contributed by atoms with Crippen molar-refractivity contribution in [2.75, 3.05) is 0 Å². The Balaban J connectivity index is 1.72. The summed E-state index contributed by atoms with van der Waals surface area (Å²) >= 11 is 0. The van der Waals surface area contributed by atoms with Crippen LogP contribution in [0.2, 0.25) is 0 Å². The van der Waals surface area contributed by atoms with Gasteiger partial charge in [-0.05, 0) is 32.9 Å². The number of amidine groups is 1. The van der Waals surface area contributed by atoms with Gasteiger partial charge in [0.15, 0.2) is 6.10 Å². The van der Waals surface area contributed by atoms with E-state index >= 15 is 0 Å². The molecule has 0 bridgehead atoms. The predicted octanol–water partition coefficient (Wildman–Crippen LogP) is 2.24. The maximum atomic E-state index is 12.4. The van der Waals surface area contributed by atoms with Gasteiger partial charge >= 0.3 is 5.97 Å². The van der Waals surface area contributed by atoms with Gasteiger partial charge in [0.25, 0.3) is 10.0 Å². The normalized spacial score (nSPS) is 18.0. The largest absolute Gasteiger partial charge is 0.453 e. The molecule has 0 spiro atoms. The smallest absolute Gasteiger partial charge is 0.331 e. The molecule has 1 heterocycles. The van der Waals surface area contributed by atoms with E-state index in [9.17, 15) is 18.0 Å². The van der Waals surface area contributed by atoms with Crippen LogP contribution in [0, 0.1) is 6.92 Å². The minimum atomic E-state index is -3.69. The molecule has 1 aliphatic heterocycles. The fraction of sp³-hybridized carbons (Fsp3) is 0.250. The summed E-state index contributed by atoms with van der Waals surface area (Å²) in [6.45, 7) is 4.88. The number of sulfonamides is 1. The van der Waals surface area contributed by atoms with Gasteiger partial charge in [-0.25, -0.2) is 13.2 Å². The average molecular weight is 400 g/mol. The fourth-order valence-electron chi connectivity index (χ4n) is 2.75. The van der Waals surface area contributed by atoms with Crippen molar-refractivity contribution in [3.63, 3.8) is 0 Å². The quantitative estimate of drug-likeness (QED) is 0.613. The molecule has 2 atom stereocenters. The number of nitrogens with one attached hydrogen (secondary N) is 1. The van der Waals surface area contributed by atoms with E-state index in [0.29, 0.717) is 11.1 Å². The van der Waals surface area contributed by atoms with Crippen molar-refractivity contribution in [2.45, 2.75) is 37.8 Å². The maximum Gasteiger partial charge on any atom is 0.331 e. The lowest BCUT2D eigenvalue weighted by Gasteiger charge is -2.14. The third kappa shape index (κ3) is 3.96. The predicted molar refractivity (Wildman–Crippen MR) is 104 cm³/mol. The van der Waals surface area contributed by atoms with E-state index < -0.39 is 28.1 Å². The molecule has 2 aromatic carbocycles. The van der Waals surface area contributed by atoms with Crippen LogP contribution in [-0.4, -0.2) is 38.2 Å². The summed E-state index contributed by atoms with van der Waals surface area (Å²) in [5.74, 6) is -0.957. The van der Waals surface area contributed by atoms with E-state index in [1.165, 1.54) is 19.9 Å². The van der Waals surface area contributed by atoms with Crippen molar-refractivity contribution in [3.8, 4) is 0 Å². The highest BCUT2D eigenvalue weighted by atomic mass is 32.2. The number of nitrogens with zero attached hydrogens (tertiary/aromatic N) is 1. The molecule has 1 N–H and O–H groups in total. The Morgan fingerprint density at radius 3 is 2.36 bits per heavy atom. The topological polar surface area (TPSA) is 102 Å². The summed E-state index contributed by atoms with van der Waals surface area (Å²) in [7, 11) is -3.69. The van der Waals surface area contributed by atoms with Crippen molar-refractivity contribution in [3.05, 3.63) is 65.2 Å². The number of Topliss-reactive ketones (excluding diaryl/α,β-unsaturated/α-hetero) is 1. The Hall–Kier alpha value is -3.00. The number of rotatable bonds is 5. The third-order valence-corrected chi connectivity index (χ3v) is 5.72. The van der Waals surface area contributed by atoms with Crippen LogP contribution >= 0.6 is 0 Å². The van der Waals surface area contributed by atoms with Crippen LogP contribution in [0.4, 0.5) is 0 Å². The van der Waals surface area contributed by atoms with Crippen LogP contribution in [-0.2, 0) is 19.6 Å². The number of carbonyl (C=O) groups is 2. The molecule has 146 valence electrons. The first-order chi connectivity index (χ1) is 13.2. The number of aliphatic imine (C=N–C) groups is 1. The summed E-state index contributed by atoms with van der Waals surface area (Å²) in [5.41, 5.74) is 1.86. The number of fused-ring (bicyclic) bond motifs is 1. The van der Waals surface area contributed by atoms with Crippen LogP contribution < -0.4 is 4.72 Å². The highest BCUT2D eigenvalue weighted by Gasteiger charge is 2.31. The van der Waals surface area contributed by atoms with E-state index in [0.717, 1.165) is 5.56 Å². The first-order valence-electron chi connectivity index (χ1n) is 8.70. The number of benzene rings is 2. The Morgan fingerprint density at radius 1 is 1.04 bits per heavy atom. The molecule has 0 radical (unpaired) electrons. The SMILES string of the molecule is Cc1ccc(C(=O)C(C)OC(=O)[C@H](C)N=C2NS(=O)(=O)c3ccccc32)cc1. The van der Waals surface area contributed by atoms with Crippen molar-refractivity contribution in [2.24, 2.45) is 4.99 Å². The Kier molecular flexibility index (Phi) is 5.33. The Labute approximate surface area is 163 Å². The van der Waals surface area contributed by atoms with Gasteiger partial charge in [0.05, 0.1) is 4.90 Å². The van der Waals surface area contributed by atoms with Crippen molar-refractivity contribution in [1.29, 1.82) is 0 Å². The minimum Gasteiger partial charge on any atom is -0.453 e. The number of esters is 1. The van der Waals surface area contributed by atoms with Crippen molar-refractivity contribution >= 4 is 27.6 Å². The second-order valence-corrected chi connectivity index (χ2v) is 8.22. The lowest BCUT2D eigenvalue weighted by molar-refractivity contribution is -0.147. The minimum absolute atomic E-state index is 0.0811. The number of hydrogen-bond acceptors (Lipinski definition) is 6. The number of carbonyl (C=O) groups excluding carboxylic acids is 2. The molecule has 7 nitrogen and oxygen atoms in total. The first kappa shape index (κ1) is 19.8. The van der Waals surface area contributed by atoms with Gasteiger partial charge in [0.1, 0.15) is 11.9 Å². The highest BCUT2D eigenvalue weighted by Crippen LogP contribution is 2.22. The zero-order valence-corrected chi connectivity index (χ0v) is 16.5. The summed E-state index contributed by atoms with van der Waals surface area (Å²) in [6.07, 6.45) is -0.981. The molecule has 3 rings (SSSR count). The van der Waals surface area contributed by atoms with Crippen LogP contribution in [0.3, 0.4) is 0 Å². The van der Waals surface area contributed by atoms with Gasteiger partial charge in [0, 0.05) is 11.1 Å². The lowest BCUT2D eigenvalue weighted by Crippen LogP contribution is -2.31. The van der Waals surface area contributed by atoms with E-state index in [1.54, 1.807) is 42.5 Å². The van der Waals surface area contributed by atoms with E-state index in [1.807, 2.05) is 6.92 Å². The van der Waals surface area contributed by atoms with Gasteiger partial charge in [0.2, 0.25) is 5.78 Å². The molecule has 28 heavy (non-hydrogen) atoms. The molecule has 0 amide bonds. The molecule has 0 aliphatic carbocycles. The second-order valence-electron chi connectivity index (χ2n) is 6.56. The standard InChI is InChI=1S/C20H20N2O5S/c1-12-8-10-15(11-9-12)18(23)14(3)27-20(24)13(2)21-19-16-6-4-5-7-17(16)28(25,26)22-19/h4-11,13-14H,1-3H3,(H,21,22)/t13-,14?/m0/s1. The molecular weight excluding hydrogens is 380 g/mol. The molecule has 8 heteroatoms. The zero-order valence-electron chi connectivity index (χ0n) is 15.7. The molecule has 0 saturated carbocycles. The number of ketones is 1. The van der Waals surface area contributed by atoms with Crippen molar-refractivity contribution < 1.29 is 22.7 Å². The fourth-order valence-corrected chi connectivity index (χ4v) is 3.99. The number of ether oxygens (including phenoxy) is 1. The van der Waals surface area contributed by atoms with Crippen LogP contribution in [0.1, 0.15) is 35.3 Å². The number of hydrogen-bond donors (Lipinski definition) is 1. The summed E-state index contributed by atoms with van der Waals surface area (Å²) in [5, 5.41) is 0. The monoisotopic (exact) mass is 400 g/mol. The Morgan fingerprint density at radius 2 is 1.68 bits per heavy atom. The summed E-state index contributed by atoms with van der Waals surface area (Å²) in [4.78, 5) is 29.0. The maximum absolute atomic E-state index is 12.4. The van der Waals surface area contributed by atoms with Crippen molar-refractivity contribution in [1.82, 2.24) is 4.72 Å².